The summed E-state index contributed by atoms with van der Waals surface area (Å²) in [6, 6.07) is 3.52. The van der Waals surface area contributed by atoms with Crippen LogP contribution in [-0.2, 0) is 4.74 Å². The van der Waals surface area contributed by atoms with Crippen LogP contribution in [0.1, 0.15) is 28.8 Å². The van der Waals surface area contributed by atoms with Crippen molar-refractivity contribution in [1.82, 2.24) is 0 Å². The van der Waals surface area contributed by atoms with Gasteiger partial charge in [0.2, 0.25) is 0 Å². The topological polar surface area (TPSA) is 44.8 Å². The van der Waals surface area contributed by atoms with E-state index in [-0.39, 0.29) is 5.60 Å². The number of benzene rings is 1. The number of aldehydes is 1. The number of hydrogen-bond donors (Lipinski definition) is 0. The fourth-order valence-corrected chi connectivity index (χ4v) is 2.56. The van der Waals surface area contributed by atoms with E-state index in [9.17, 15) is 4.79 Å². The lowest BCUT2D eigenvalue weighted by Crippen LogP contribution is -2.41. The minimum atomic E-state index is -0.290. The molecule has 19 heavy (non-hydrogen) atoms. The van der Waals surface area contributed by atoms with E-state index >= 15 is 0 Å². The van der Waals surface area contributed by atoms with E-state index in [1.807, 2.05) is 12.1 Å². The number of rotatable bonds is 2. The summed E-state index contributed by atoms with van der Waals surface area (Å²) in [6.45, 7) is 1.41. The Morgan fingerprint density at radius 2 is 2.11 bits per heavy atom. The smallest absolute Gasteiger partial charge is 0.169 e. The van der Waals surface area contributed by atoms with Crippen molar-refractivity contribution in [3.8, 4) is 11.5 Å². The highest BCUT2D eigenvalue weighted by molar-refractivity contribution is 5.80. The van der Waals surface area contributed by atoms with Gasteiger partial charge in [0.15, 0.2) is 11.5 Å². The van der Waals surface area contributed by atoms with Crippen LogP contribution < -0.4 is 9.47 Å². The summed E-state index contributed by atoms with van der Waals surface area (Å²) in [4.78, 5) is 10.9. The third-order valence-corrected chi connectivity index (χ3v) is 3.67. The van der Waals surface area contributed by atoms with Gasteiger partial charge in [-0.15, -0.1) is 0 Å². The van der Waals surface area contributed by atoms with Gasteiger partial charge in [-0.3, -0.25) is 4.79 Å². The first-order chi connectivity index (χ1) is 9.26. The first kappa shape index (κ1) is 12.2. The van der Waals surface area contributed by atoms with E-state index < -0.39 is 0 Å². The van der Waals surface area contributed by atoms with Gasteiger partial charge in [0.1, 0.15) is 11.9 Å². The summed E-state index contributed by atoms with van der Waals surface area (Å²) < 4.78 is 16.9. The Morgan fingerprint density at radius 3 is 2.79 bits per heavy atom. The third-order valence-electron chi connectivity index (χ3n) is 3.67. The summed E-state index contributed by atoms with van der Waals surface area (Å²) in [5.74, 6) is 1.33. The lowest BCUT2D eigenvalue weighted by Gasteiger charge is -2.38. The van der Waals surface area contributed by atoms with E-state index in [2.05, 4.69) is 6.08 Å². The standard InChI is InChI=1S/C15H16O4/c1-17-13-9-11(10-16)8-12-2-3-15(19-14(12)13)4-6-18-7-5-15/h2-3,8-10H,4-7H2,1H3. The molecule has 2 heterocycles. The normalized spacial score (nSPS) is 19.6. The van der Waals surface area contributed by atoms with Crippen molar-refractivity contribution in [2.45, 2.75) is 18.4 Å². The van der Waals surface area contributed by atoms with Gasteiger partial charge < -0.3 is 14.2 Å². The van der Waals surface area contributed by atoms with Crippen molar-refractivity contribution in [2.24, 2.45) is 0 Å². The zero-order valence-corrected chi connectivity index (χ0v) is 10.8. The summed E-state index contributed by atoms with van der Waals surface area (Å²) in [6.07, 6.45) is 6.57. The van der Waals surface area contributed by atoms with Crippen molar-refractivity contribution in [3.05, 3.63) is 29.3 Å². The molecular weight excluding hydrogens is 244 g/mol. The molecule has 1 saturated heterocycles. The molecule has 100 valence electrons. The fraction of sp³-hybridized carbons (Fsp3) is 0.400. The second kappa shape index (κ2) is 4.70. The van der Waals surface area contributed by atoms with Crippen LogP contribution in [0.25, 0.3) is 6.08 Å². The van der Waals surface area contributed by atoms with Gasteiger partial charge in [-0.25, -0.2) is 0 Å². The Kier molecular flexibility index (Phi) is 3.03. The number of hydrogen-bond acceptors (Lipinski definition) is 4. The zero-order valence-electron chi connectivity index (χ0n) is 10.8. The summed E-state index contributed by atoms with van der Waals surface area (Å²) in [7, 11) is 1.59. The van der Waals surface area contributed by atoms with Crippen molar-refractivity contribution in [2.75, 3.05) is 20.3 Å². The predicted molar refractivity (Wildman–Crippen MR) is 70.8 cm³/mol. The van der Waals surface area contributed by atoms with Crippen molar-refractivity contribution in [3.63, 3.8) is 0 Å². The van der Waals surface area contributed by atoms with E-state index in [1.165, 1.54) is 0 Å². The maximum atomic E-state index is 10.9. The highest BCUT2D eigenvalue weighted by atomic mass is 16.5. The van der Waals surface area contributed by atoms with Crippen LogP contribution in [0, 0.1) is 0 Å². The minimum absolute atomic E-state index is 0.290. The SMILES string of the molecule is COc1cc(C=O)cc2c1OC1(C=C2)CCOCC1. The molecule has 2 aliphatic rings. The van der Waals surface area contributed by atoms with Crippen LogP contribution in [0.3, 0.4) is 0 Å². The number of methoxy groups -OCH3 is 1. The molecule has 1 fully saturated rings. The molecule has 4 nitrogen and oxygen atoms in total. The lowest BCUT2D eigenvalue weighted by atomic mass is 9.90. The molecule has 0 N–H and O–H groups in total. The zero-order chi connectivity index (χ0) is 13.3. The average Bonchev–Trinajstić information content (AvgIpc) is 2.47. The highest BCUT2D eigenvalue weighted by Gasteiger charge is 2.36. The van der Waals surface area contributed by atoms with Crippen LogP contribution in [0.2, 0.25) is 0 Å². The molecule has 1 aromatic rings. The van der Waals surface area contributed by atoms with Crippen LogP contribution >= 0.6 is 0 Å². The van der Waals surface area contributed by atoms with Gasteiger partial charge in [0.05, 0.1) is 20.3 Å². The molecule has 1 spiro atoms. The Balaban J connectivity index is 2.02. The largest absolute Gasteiger partial charge is 0.493 e. The van der Waals surface area contributed by atoms with E-state index in [1.54, 1.807) is 13.2 Å². The molecule has 4 heteroatoms. The number of carbonyl (C=O) groups excluding carboxylic acids is 1. The van der Waals surface area contributed by atoms with Gasteiger partial charge in [0.25, 0.3) is 0 Å². The van der Waals surface area contributed by atoms with Gasteiger partial charge >= 0.3 is 0 Å². The second-order valence-corrected chi connectivity index (χ2v) is 4.87. The molecule has 0 unspecified atom stereocenters. The van der Waals surface area contributed by atoms with Gasteiger partial charge in [-0.05, 0) is 18.2 Å². The highest BCUT2D eigenvalue weighted by Crippen LogP contribution is 2.42. The first-order valence-electron chi connectivity index (χ1n) is 6.39. The molecule has 2 aliphatic heterocycles. The van der Waals surface area contributed by atoms with Gasteiger partial charge in [-0.2, -0.15) is 0 Å². The molecule has 1 aromatic carbocycles. The Hall–Kier alpha value is -1.81. The first-order valence-corrected chi connectivity index (χ1v) is 6.39. The van der Waals surface area contributed by atoms with E-state index in [0.717, 1.165) is 30.4 Å². The quantitative estimate of drug-likeness (QED) is 0.766. The van der Waals surface area contributed by atoms with Crippen LogP contribution in [-0.4, -0.2) is 32.2 Å². The molecule has 0 aromatic heterocycles. The fourth-order valence-electron chi connectivity index (χ4n) is 2.56. The predicted octanol–water partition coefficient (Wildman–Crippen LogP) is 2.46. The molecule has 0 aliphatic carbocycles. The summed E-state index contributed by atoms with van der Waals surface area (Å²) in [5.41, 5.74) is 1.19. The number of carbonyl (C=O) groups is 1. The minimum Gasteiger partial charge on any atom is -0.493 e. The Bertz CT molecular complexity index is 527. The Labute approximate surface area is 112 Å². The maximum absolute atomic E-state index is 10.9. The van der Waals surface area contributed by atoms with Crippen molar-refractivity contribution < 1.29 is 19.0 Å². The number of fused-ring (bicyclic) bond motifs is 1. The molecule has 0 atom stereocenters. The number of ether oxygens (including phenoxy) is 3. The van der Waals surface area contributed by atoms with Crippen LogP contribution in [0.5, 0.6) is 11.5 Å². The average molecular weight is 260 g/mol. The molecular formula is C15H16O4. The van der Waals surface area contributed by atoms with E-state index in [0.29, 0.717) is 24.5 Å². The molecule has 3 rings (SSSR count). The van der Waals surface area contributed by atoms with Crippen LogP contribution in [0.4, 0.5) is 0 Å². The lowest BCUT2D eigenvalue weighted by molar-refractivity contribution is -0.0189. The van der Waals surface area contributed by atoms with Gasteiger partial charge in [-0.1, -0.05) is 6.08 Å². The van der Waals surface area contributed by atoms with Crippen LogP contribution in [0.15, 0.2) is 18.2 Å². The van der Waals surface area contributed by atoms with Gasteiger partial charge in [0, 0.05) is 24.0 Å². The van der Waals surface area contributed by atoms with Crippen molar-refractivity contribution >= 4 is 12.4 Å². The van der Waals surface area contributed by atoms with E-state index in [4.69, 9.17) is 14.2 Å². The monoisotopic (exact) mass is 260 g/mol. The molecule has 0 amide bonds. The summed E-state index contributed by atoms with van der Waals surface area (Å²) in [5, 5.41) is 0. The summed E-state index contributed by atoms with van der Waals surface area (Å²) >= 11 is 0. The molecule has 0 bridgehead atoms. The molecule has 0 radical (unpaired) electrons. The third kappa shape index (κ3) is 2.12. The molecule has 0 saturated carbocycles. The van der Waals surface area contributed by atoms with Crippen molar-refractivity contribution in [1.29, 1.82) is 0 Å². The Morgan fingerprint density at radius 1 is 1.32 bits per heavy atom. The second-order valence-electron chi connectivity index (χ2n) is 4.87. The maximum Gasteiger partial charge on any atom is 0.169 e.